The van der Waals surface area contributed by atoms with Gasteiger partial charge >= 0.3 is 0 Å². The number of amides is 1. The maximum absolute atomic E-state index is 12.9. The van der Waals surface area contributed by atoms with Crippen molar-refractivity contribution in [1.82, 2.24) is 0 Å². The average Bonchev–Trinajstić information content (AvgIpc) is 2.75. The normalized spacial score (nSPS) is 15.5. The van der Waals surface area contributed by atoms with Crippen LogP contribution in [0.3, 0.4) is 0 Å². The van der Waals surface area contributed by atoms with Gasteiger partial charge in [-0.25, -0.2) is 8.42 Å². The molecule has 1 amide bonds. The first-order chi connectivity index (χ1) is 14.5. The van der Waals surface area contributed by atoms with Crippen molar-refractivity contribution >= 4 is 39.1 Å². The van der Waals surface area contributed by atoms with Gasteiger partial charge in [0.1, 0.15) is 0 Å². The van der Waals surface area contributed by atoms with Gasteiger partial charge < -0.3 is 5.32 Å². The molecule has 0 aliphatic carbocycles. The molecule has 0 atom stereocenters. The second-order valence-electron chi connectivity index (χ2n) is 7.01. The number of nitrogens with one attached hydrogen (secondary N) is 1. The summed E-state index contributed by atoms with van der Waals surface area (Å²) in [7, 11) is -3.32. The lowest BCUT2D eigenvalue weighted by Gasteiger charge is -2.28. The molecule has 0 unspecified atom stereocenters. The second-order valence-corrected chi connectivity index (χ2v) is 10.1. The van der Waals surface area contributed by atoms with Gasteiger partial charge in [0, 0.05) is 21.9 Å². The van der Waals surface area contributed by atoms with E-state index in [1.165, 1.54) is 4.31 Å². The molecule has 1 heterocycles. The summed E-state index contributed by atoms with van der Waals surface area (Å²) in [6, 6.07) is 24.4. The molecule has 3 aromatic carbocycles. The van der Waals surface area contributed by atoms with E-state index in [2.05, 4.69) is 5.32 Å². The first-order valence-corrected chi connectivity index (χ1v) is 12.2. The van der Waals surface area contributed by atoms with Crippen LogP contribution in [-0.4, -0.2) is 26.6 Å². The molecule has 1 N–H and O–H groups in total. The molecular weight excluding hydrogens is 416 g/mol. The topological polar surface area (TPSA) is 66.5 Å². The minimum Gasteiger partial charge on any atom is -0.321 e. The van der Waals surface area contributed by atoms with E-state index >= 15 is 0 Å². The summed E-state index contributed by atoms with van der Waals surface area (Å²) in [6.45, 7) is 0.448. The van der Waals surface area contributed by atoms with Crippen LogP contribution in [0.1, 0.15) is 23.2 Å². The van der Waals surface area contributed by atoms with Crippen LogP contribution < -0.4 is 9.62 Å². The summed E-state index contributed by atoms with van der Waals surface area (Å²) >= 11 is 1.57. The third-order valence-corrected chi connectivity index (χ3v) is 7.81. The Labute approximate surface area is 181 Å². The molecule has 0 spiro atoms. The summed E-state index contributed by atoms with van der Waals surface area (Å²) in [5, 5.41) is 2.97. The zero-order valence-corrected chi connectivity index (χ0v) is 18.0. The first-order valence-electron chi connectivity index (χ1n) is 9.77. The van der Waals surface area contributed by atoms with Crippen LogP contribution in [0.5, 0.6) is 0 Å². The lowest BCUT2D eigenvalue weighted by molar-refractivity contribution is 0.102. The van der Waals surface area contributed by atoms with Crippen molar-refractivity contribution in [2.24, 2.45) is 0 Å². The summed E-state index contributed by atoms with van der Waals surface area (Å²) in [6.07, 6.45) is 1.49. The lowest BCUT2D eigenvalue weighted by atomic mass is 10.1. The molecule has 5 nitrogen and oxygen atoms in total. The minimum atomic E-state index is -3.32. The molecular formula is C23H22N2O3S2. The van der Waals surface area contributed by atoms with Gasteiger partial charge in [0.15, 0.2) is 0 Å². The molecule has 154 valence electrons. The van der Waals surface area contributed by atoms with Crippen molar-refractivity contribution in [3.8, 4) is 0 Å². The number of hydrogen-bond acceptors (Lipinski definition) is 4. The number of sulfonamides is 1. The Morgan fingerprint density at radius 1 is 0.900 bits per heavy atom. The van der Waals surface area contributed by atoms with Gasteiger partial charge in [0.2, 0.25) is 10.0 Å². The first kappa shape index (κ1) is 20.5. The van der Waals surface area contributed by atoms with E-state index in [0.29, 0.717) is 29.9 Å². The summed E-state index contributed by atoms with van der Waals surface area (Å²) in [5.74, 6) is -0.125. The number of benzene rings is 3. The molecule has 0 aromatic heterocycles. The Morgan fingerprint density at radius 3 is 2.47 bits per heavy atom. The SMILES string of the molecule is O=C(Nc1ccccc1Sc1ccccc1)c1cccc(N2CCCCS2(=O)=O)c1. The van der Waals surface area contributed by atoms with Crippen LogP contribution in [-0.2, 0) is 10.0 Å². The lowest BCUT2D eigenvalue weighted by Crippen LogP contribution is -2.37. The Bertz CT molecular complexity index is 1150. The molecule has 1 aliphatic heterocycles. The van der Waals surface area contributed by atoms with E-state index in [1.54, 1.807) is 36.0 Å². The Hall–Kier alpha value is -2.77. The fraction of sp³-hybridized carbons (Fsp3) is 0.174. The number of nitrogens with zero attached hydrogens (tertiary/aromatic N) is 1. The highest BCUT2D eigenvalue weighted by Crippen LogP contribution is 2.33. The van der Waals surface area contributed by atoms with Crippen molar-refractivity contribution in [3.63, 3.8) is 0 Å². The predicted molar refractivity (Wildman–Crippen MR) is 122 cm³/mol. The quantitative estimate of drug-likeness (QED) is 0.607. The van der Waals surface area contributed by atoms with E-state index < -0.39 is 10.0 Å². The molecule has 0 bridgehead atoms. The standard InChI is InChI=1S/C23H22N2O3S2/c26-23(18-9-8-10-19(17-18)25-15-6-7-16-30(25,27)28)24-21-13-4-5-14-22(21)29-20-11-2-1-3-12-20/h1-5,8-14,17H,6-7,15-16H2,(H,24,26). The minimum absolute atomic E-state index is 0.146. The highest BCUT2D eigenvalue weighted by Gasteiger charge is 2.26. The van der Waals surface area contributed by atoms with Gasteiger partial charge in [0.25, 0.3) is 5.91 Å². The van der Waals surface area contributed by atoms with Crippen LogP contribution in [0.4, 0.5) is 11.4 Å². The van der Waals surface area contributed by atoms with Crippen molar-refractivity contribution in [1.29, 1.82) is 0 Å². The van der Waals surface area contributed by atoms with Crippen LogP contribution in [0.2, 0.25) is 0 Å². The van der Waals surface area contributed by atoms with Gasteiger partial charge in [-0.15, -0.1) is 0 Å². The maximum atomic E-state index is 12.9. The number of carbonyl (C=O) groups is 1. The van der Waals surface area contributed by atoms with Gasteiger partial charge in [0.05, 0.1) is 17.1 Å². The van der Waals surface area contributed by atoms with Crippen LogP contribution in [0, 0.1) is 0 Å². The fourth-order valence-corrected chi connectivity index (χ4v) is 5.90. The van der Waals surface area contributed by atoms with E-state index in [4.69, 9.17) is 0 Å². The third kappa shape index (κ3) is 4.68. The second kappa shape index (κ2) is 8.93. The highest BCUT2D eigenvalue weighted by molar-refractivity contribution is 7.99. The number of rotatable bonds is 5. The monoisotopic (exact) mass is 438 g/mol. The zero-order chi connectivity index (χ0) is 21.0. The summed E-state index contributed by atoms with van der Waals surface area (Å²) in [5.41, 5.74) is 1.68. The van der Waals surface area contributed by atoms with E-state index in [-0.39, 0.29) is 11.7 Å². The van der Waals surface area contributed by atoms with Gasteiger partial charge in [-0.1, -0.05) is 48.2 Å². The maximum Gasteiger partial charge on any atom is 0.255 e. The Balaban J connectivity index is 1.55. The van der Waals surface area contributed by atoms with Crippen molar-refractivity contribution in [2.45, 2.75) is 22.6 Å². The molecule has 4 rings (SSSR count). The summed E-state index contributed by atoms with van der Waals surface area (Å²) in [4.78, 5) is 14.9. The highest BCUT2D eigenvalue weighted by atomic mass is 32.2. The largest absolute Gasteiger partial charge is 0.321 e. The van der Waals surface area contributed by atoms with E-state index in [0.717, 1.165) is 16.2 Å². The molecule has 7 heteroatoms. The van der Waals surface area contributed by atoms with Gasteiger partial charge in [-0.3, -0.25) is 9.10 Å². The Kier molecular flexibility index (Phi) is 6.11. The predicted octanol–water partition coefficient (Wildman–Crippen LogP) is 5.02. The fourth-order valence-electron chi connectivity index (χ4n) is 3.35. The molecule has 1 aliphatic rings. The molecule has 0 radical (unpaired) electrons. The van der Waals surface area contributed by atoms with Gasteiger partial charge in [-0.2, -0.15) is 0 Å². The number of hydrogen-bond donors (Lipinski definition) is 1. The van der Waals surface area contributed by atoms with E-state index in [9.17, 15) is 13.2 Å². The van der Waals surface area contributed by atoms with Gasteiger partial charge in [-0.05, 0) is 55.3 Å². The smallest absolute Gasteiger partial charge is 0.255 e. The number of anilines is 2. The number of para-hydroxylation sites is 1. The van der Waals surface area contributed by atoms with Crippen LogP contribution in [0.15, 0.2) is 88.7 Å². The zero-order valence-electron chi connectivity index (χ0n) is 16.3. The Morgan fingerprint density at radius 2 is 1.67 bits per heavy atom. The molecule has 30 heavy (non-hydrogen) atoms. The van der Waals surface area contributed by atoms with Crippen molar-refractivity contribution in [2.75, 3.05) is 21.9 Å². The third-order valence-electron chi connectivity index (χ3n) is 4.85. The average molecular weight is 439 g/mol. The number of carbonyl (C=O) groups excluding carboxylic acids is 1. The molecule has 1 fully saturated rings. The van der Waals surface area contributed by atoms with E-state index in [1.807, 2.05) is 54.6 Å². The van der Waals surface area contributed by atoms with Crippen LogP contribution in [0.25, 0.3) is 0 Å². The molecule has 3 aromatic rings. The van der Waals surface area contributed by atoms with Crippen molar-refractivity contribution in [3.05, 3.63) is 84.4 Å². The molecule has 0 saturated carbocycles. The van der Waals surface area contributed by atoms with Crippen LogP contribution >= 0.6 is 11.8 Å². The van der Waals surface area contributed by atoms with Crippen molar-refractivity contribution < 1.29 is 13.2 Å². The molecule has 1 saturated heterocycles. The summed E-state index contributed by atoms with van der Waals surface area (Å²) < 4.78 is 26.2.